The van der Waals surface area contributed by atoms with Crippen LogP contribution in [0.4, 0.5) is 5.69 Å². The number of anilines is 1. The van der Waals surface area contributed by atoms with Crippen molar-refractivity contribution in [3.63, 3.8) is 0 Å². The van der Waals surface area contributed by atoms with Gasteiger partial charge in [0.25, 0.3) is 0 Å². The smallest absolute Gasteiger partial charge is 0.231 e. The zero-order valence-electron chi connectivity index (χ0n) is 16.8. The molecule has 0 amide bonds. The van der Waals surface area contributed by atoms with E-state index in [0.717, 1.165) is 49.2 Å². The number of benzene rings is 2. The van der Waals surface area contributed by atoms with Crippen LogP contribution in [0.5, 0.6) is 11.5 Å². The van der Waals surface area contributed by atoms with Crippen molar-refractivity contribution in [2.24, 2.45) is 4.99 Å². The van der Waals surface area contributed by atoms with Crippen LogP contribution in [0.15, 0.2) is 47.5 Å². The minimum Gasteiger partial charge on any atom is -0.454 e. The summed E-state index contributed by atoms with van der Waals surface area (Å²) in [6.45, 7) is 6.78. The third-order valence-corrected chi connectivity index (χ3v) is 5.92. The Balaban J connectivity index is 1.33. The number of hydrogen-bond acceptors (Lipinski definition) is 5. The van der Waals surface area contributed by atoms with Gasteiger partial charge in [0.1, 0.15) is 0 Å². The Kier molecular flexibility index (Phi) is 6.67. The molecule has 0 spiro atoms. The first-order chi connectivity index (χ1) is 14.3. The summed E-state index contributed by atoms with van der Waals surface area (Å²) in [5.74, 6) is 4.84. The summed E-state index contributed by atoms with van der Waals surface area (Å²) in [6, 6.07) is 14.8. The number of thioether (sulfide) groups is 1. The Bertz CT molecular complexity index is 835. The van der Waals surface area contributed by atoms with Gasteiger partial charge in [-0.3, -0.25) is 0 Å². The molecule has 4 rings (SSSR count). The Morgan fingerprint density at radius 1 is 1.00 bits per heavy atom. The molecule has 2 aromatic carbocycles. The molecule has 154 valence electrons. The standard InChI is InChI=1S/C22H28N4O2S/c1-2-23-22(25-15-18-5-8-20-21(13-18)28-16-27-20)24-14-17-3-6-19(7-4-17)26-9-11-29-12-10-26/h3-8,13H,2,9-12,14-16H2,1H3,(H2,23,24,25). The highest BCUT2D eigenvalue weighted by Crippen LogP contribution is 2.32. The van der Waals surface area contributed by atoms with Crippen molar-refractivity contribution in [3.05, 3.63) is 53.6 Å². The van der Waals surface area contributed by atoms with Gasteiger partial charge in [0.2, 0.25) is 6.79 Å². The zero-order chi connectivity index (χ0) is 19.9. The van der Waals surface area contributed by atoms with Gasteiger partial charge in [-0.2, -0.15) is 11.8 Å². The Labute approximate surface area is 176 Å². The van der Waals surface area contributed by atoms with E-state index in [-0.39, 0.29) is 0 Å². The van der Waals surface area contributed by atoms with Gasteiger partial charge in [0.05, 0.1) is 6.54 Å². The lowest BCUT2D eigenvalue weighted by Gasteiger charge is -2.28. The Morgan fingerprint density at radius 3 is 2.55 bits per heavy atom. The molecule has 7 heteroatoms. The maximum absolute atomic E-state index is 5.45. The third kappa shape index (κ3) is 5.29. The first kappa shape index (κ1) is 19.8. The van der Waals surface area contributed by atoms with Crippen molar-refractivity contribution in [3.8, 4) is 11.5 Å². The lowest BCUT2D eigenvalue weighted by Crippen LogP contribution is -2.36. The molecule has 0 aromatic heterocycles. The van der Waals surface area contributed by atoms with E-state index in [9.17, 15) is 0 Å². The van der Waals surface area contributed by atoms with Crippen molar-refractivity contribution >= 4 is 23.4 Å². The predicted molar refractivity (Wildman–Crippen MR) is 120 cm³/mol. The molecule has 0 saturated carbocycles. The molecule has 0 unspecified atom stereocenters. The van der Waals surface area contributed by atoms with Crippen LogP contribution in [0.1, 0.15) is 18.1 Å². The van der Waals surface area contributed by atoms with Gasteiger partial charge in [0, 0.05) is 43.4 Å². The van der Waals surface area contributed by atoms with Gasteiger partial charge in [-0.1, -0.05) is 18.2 Å². The number of ether oxygens (including phenoxy) is 2. The molecule has 6 nitrogen and oxygen atoms in total. The second kappa shape index (κ2) is 9.78. The molecule has 2 aliphatic rings. The highest BCUT2D eigenvalue weighted by atomic mass is 32.2. The van der Waals surface area contributed by atoms with E-state index >= 15 is 0 Å². The molecule has 2 aromatic rings. The SMILES string of the molecule is CCNC(=NCc1ccc2c(c1)OCO2)NCc1ccc(N2CCSCC2)cc1. The summed E-state index contributed by atoms with van der Waals surface area (Å²) < 4.78 is 10.8. The van der Waals surface area contributed by atoms with E-state index in [2.05, 4.69) is 46.7 Å². The van der Waals surface area contributed by atoms with E-state index in [1.54, 1.807) is 0 Å². The summed E-state index contributed by atoms with van der Waals surface area (Å²) in [4.78, 5) is 7.17. The molecule has 0 radical (unpaired) electrons. The molecule has 29 heavy (non-hydrogen) atoms. The van der Waals surface area contributed by atoms with Crippen LogP contribution in [0.2, 0.25) is 0 Å². The molecule has 0 atom stereocenters. The van der Waals surface area contributed by atoms with Crippen LogP contribution < -0.4 is 25.0 Å². The normalized spacial score (nSPS) is 16.0. The Hall–Kier alpha value is -2.54. The first-order valence-electron chi connectivity index (χ1n) is 10.1. The summed E-state index contributed by atoms with van der Waals surface area (Å²) in [7, 11) is 0. The maximum Gasteiger partial charge on any atom is 0.231 e. The average Bonchev–Trinajstić information content (AvgIpc) is 3.24. The minimum atomic E-state index is 0.293. The largest absolute Gasteiger partial charge is 0.454 e. The zero-order valence-corrected chi connectivity index (χ0v) is 17.6. The Morgan fingerprint density at radius 2 is 1.76 bits per heavy atom. The van der Waals surface area contributed by atoms with Gasteiger partial charge >= 0.3 is 0 Å². The third-order valence-electron chi connectivity index (χ3n) is 4.97. The number of aliphatic imine (C=N–C) groups is 1. The van der Waals surface area contributed by atoms with Crippen LogP contribution >= 0.6 is 11.8 Å². The molecule has 2 aliphatic heterocycles. The fourth-order valence-electron chi connectivity index (χ4n) is 3.38. The van der Waals surface area contributed by atoms with Crippen LogP contribution in [0.3, 0.4) is 0 Å². The van der Waals surface area contributed by atoms with Gasteiger partial charge in [0.15, 0.2) is 17.5 Å². The number of nitrogens with zero attached hydrogens (tertiary/aromatic N) is 2. The number of hydrogen-bond donors (Lipinski definition) is 2. The fourth-order valence-corrected chi connectivity index (χ4v) is 4.29. The van der Waals surface area contributed by atoms with Crippen LogP contribution in [-0.2, 0) is 13.1 Å². The van der Waals surface area contributed by atoms with Crippen LogP contribution in [0, 0.1) is 0 Å². The molecule has 0 bridgehead atoms. The molecule has 2 N–H and O–H groups in total. The quantitative estimate of drug-likeness (QED) is 0.561. The minimum absolute atomic E-state index is 0.293. The van der Waals surface area contributed by atoms with Gasteiger partial charge < -0.3 is 25.0 Å². The van der Waals surface area contributed by atoms with E-state index in [1.165, 1.54) is 22.8 Å². The molecule has 1 fully saturated rings. The number of nitrogens with one attached hydrogen (secondary N) is 2. The van der Waals surface area contributed by atoms with Crippen molar-refractivity contribution in [1.29, 1.82) is 0 Å². The lowest BCUT2D eigenvalue weighted by molar-refractivity contribution is 0.174. The average molecular weight is 413 g/mol. The number of rotatable bonds is 6. The monoisotopic (exact) mass is 412 g/mol. The highest BCUT2D eigenvalue weighted by Gasteiger charge is 2.13. The number of fused-ring (bicyclic) bond motifs is 1. The summed E-state index contributed by atoms with van der Waals surface area (Å²) >= 11 is 2.04. The summed E-state index contributed by atoms with van der Waals surface area (Å²) in [5, 5.41) is 6.74. The first-order valence-corrected chi connectivity index (χ1v) is 11.3. The number of guanidine groups is 1. The topological polar surface area (TPSA) is 58.1 Å². The molecule has 0 aliphatic carbocycles. The second-order valence-corrected chi connectivity index (χ2v) is 8.23. The molecule has 2 heterocycles. The van der Waals surface area contributed by atoms with Gasteiger partial charge in [-0.15, -0.1) is 0 Å². The molecule has 1 saturated heterocycles. The summed E-state index contributed by atoms with van der Waals surface area (Å²) in [5.41, 5.74) is 3.65. The maximum atomic E-state index is 5.45. The van der Waals surface area contributed by atoms with E-state index in [4.69, 9.17) is 14.5 Å². The van der Waals surface area contributed by atoms with E-state index < -0.39 is 0 Å². The fraction of sp³-hybridized carbons (Fsp3) is 0.409. The van der Waals surface area contributed by atoms with Crippen LogP contribution in [0.25, 0.3) is 0 Å². The summed E-state index contributed by atoms with van der Waals surface area (Å²) in [6.07, 6.45) is 0. The molecular formula is C22H28N4O2S. The predicted octanol–water partition coefficient (Wildman–Crippen LogP) is 3.22. The van der Waals surface area contributed by atoms with Crippen molar-refractivity contribution in [2.45, 2.75) is 20.0 Å². The highest BCUT2D eigenvalue weighted by molar-refractivity contribution is 7.99. The van der Waals surface area contributed by atoms with E-state index in [1.807, 2.05) is 30.0 Å². The van der Waals surface area contributed by atoms with Crippen molar-refractivity contribution < 1.29 is 9.47 Å². The van der Waals surface area contributed by atoms with E-state index in [0.29, 0.717) is 13.3 Å². The second-order valence-electron chi connectivity index (χ2n) is 7.00. The van der Waals surface area contributed by atoms with Crippen molar-refractivity contribution in [1.82, 2.24) is 10.6 Å². The van der Waals surface area contributed by atoms with Gasteiger partial charge in [-0.25, -0.2) is 4.99 Å². The van der Waals surface area contributed by atoms with Crippen LogP contribution in [-0.4, -0.2) is 43.9 Å². The molecular weight excluding hydrogens is 384 g/mol. The van der Waals surface area contributed by atoms with Gasteiger partial charge in [-0.05, 0) is 42.3 Å². The lowest BCUT2D eigenvalue weighted by atomic mass is 10.2. The van der Waals surface area contributed by atoms with Crippen molar-refractivity contribution in [2.75, 3.05) is 42.8 Å².